The predicted molar refractivity (Wildman–Crippen MR) is 95.6 cm³/mol. The molecular formula is C18H21N3O4. The van der Waals surface area contributed by atoms with E-state index in [1.54, 1.807) is 6.92 Å². The van der Waals surface area contributed by atoms with Crippen LogP contribution in [0.3, 0.4) is 0 Å². The summed E-state index contributed by atoms with van der Waals surface area (Å²) < 4.78 is 5.14. The monoisotopic (exact) mass is 343 g/mol. The lowest BCUT2D eigenvalue weighted by Gasteiger charge is -2.24. The summed E-state index contributed by atoms with van der Waals surface area (Å²) in [6.07, 6.45) is 0. The number of rotatable bonds is 7. The minimum Gasteiger partial charge on any atom is -0.494 e. The minimum atomic E-state index is -0.510. The molecular weight excluding hydrogens is 322 g/mol. The molecule has 2 rings (SSSR count). The van der Waals surface area contributed by atoms with Crippen LogP contribution < -0.4 is 10.1 Å². The van der Waals surface area contributed by atoms with Gasteiger partial charge in [-0.3, -0.25) is 19.8 Å². The van der Waals surface area contributed by atoms with Crippen LogP contribution in [-0.4, -0.2) is 35.9 Å². The van der Waals surface area contributed by atoms with Crippen molar-refractivity contribution in [3.05, 3.63) is 64.2 Å². The fourth-order valence-corrected chi connectivity index (χ4v) is 2.34. The zero-order chi connectivity index (χ0) is 18.4. The van der Waals surface area contributed by atoms with Crippen molar-refractivity contribution in [1.29, 1.82) is 0 Å². The Morgan fingerprint density at radius 3 is 2.56 bits per heavy atom. The van der Waals surface area contributed by atoms with E-state index in [0.29, 0.717) is 12.2 Å². The van der Waals surface area contributed by atoms with Gasteiger partial charge in [-0.05, 0) is 25.6 Å². The number of hydrogen-bond acceptors (Lipinski definition) is 5. The standard InChI is InChI=1S/C18H21N3O4/c1-13(20(2)12-14-7-5-4-6-8-14)18(22)19-16-10-9-15(21(23)24)11-17(16)25-3/h4-11,13H,12H2,1-3H3,(H,19,22)/t13-/m0/s1. The average molecular weight is 343 g/mol. The normalized spacial score (nSPS) is 11.8. The molecule has 132 valence electrons. The van der Waals surface area contributed by atoms with Crippen LogP contribution in [0.15, 0.2) is 48.5 Å². The quantitative estimate of drug-likeness (QED) is 0.617. The summed E-state index contributed by atoms with van der Waals surface area (Å²) in [5.74, 6) is 0.0334. The zero-order valence-electron chi connectivity index (χ0n) is 14.4. The van der Waals surface area contributed by atoms with Crippen molar-refractivity contribution in [3.63, 3.8) is 0 Å². The summed E-state index contributed by atoms with van der Waals surface area (Å²) in [6, 6.07) is 13.6. The summed E-state index contributed by atoms with van der Waals surface area (Å²) in [5, 5.41) is 13.6. The van der Waals surface area contributed by atoms with Crippen molar-refractivity contribution in [2.75, 3.05) is 19.5 Å². The molecule has 0 heterocycles. The number of carbonyl (C=O) groups is 1. The lowest BCUT2D eigenvalue weighted by molar-refractivity contribution is -0.384. The summed E-state index contributed by atoms with van der Waals surface area (Å²) in [4.78, 5) is 24.7. The molecule has 7 nitrogen and oxygen atoms in total. The fourth-order valence-electron chi connectivity index (χ4n) is 2.34. The van der Waals surface area contributed by atoms with Crippen LogP contribution in [0.25, 0.3) is 0 Å². The summed E-state index contributed by atoms with van der Waals surface area (Å²) in [6.45, 7) is 2.43. The molecule has 7 heteroatoms. The van der Waals surface area contributed by atoms with E-state index >= 15 is 0 Å². The lowest BCUT2D eigenvalue weighted by atomic mass is 10.2. The first kappa shape index (κ1) is 18.4. The second kappa shape index (κ2) is 8.25. The van der Waals surface area contributed by atoms with Gasteiger partial charge < -0.3 is 10.1 Å². The van der Waals surface area contributed by atoms with Gasteiger partial charge in [0.25, 0.3) is 5.69 Å². The molecule has 0 fully saturated rings. The van der Waals surface area contributed by atoms with Gasteiger partial charge in [0, 0.05) is 12.6 Å². The molecule has 0 aromatic heterocycles. The third kappa shape index (κ3) is 4.77. The number of nitro groups is 1. The Morgan fingerprint density at radius 2 is 1.96 bits per heavy atom. The SMILES string of the molecule is COc1cc([N+](=O)[O-])ccc1NC(=O)[C@H](C)N(C)Cc1ccccc1. The van der Waals surface area contributed by atoms with Gasteiger partial charge in [0.2, 0.25) is 5.91 Å². The van der Waals surface area contributed by atoms with E-state index in [1.807, 2.05) is 42.3 Å². The van der Waals surface area contributed by atoms with Crippen molar-refractivity contribution >= 4 is 17.3 Å². The third-order valence-electron chi connectivity index (χ3n) is 3.97. The van der Waals surface area contributed by atoms with Gasteiger partial charge in [-0.2, -0.15) is 0 Å². The molecule has 0 aliphatic carbocycles. The highest BCUT2D eigenvalue weighted by Crippen LogP contribution is 2.29. The van der Waals surface area contributed by atoms with Crippen molar-refractivity contribution < 1.29 is 14.5 Å². The second-order valence-corrected chi connectivity index (χ2v) is 5.71. The molecule has 1 atom stereocenters. The van der Waals surface area contributed by atoms with Gasteiger partial charge in [-0.1, -0.05) is 30.3 Å². The van der Waals surface area contributed by atoms with Gasteiger partial charge in [-0.25, -0.2) is 0 Å². The Balaban J connectivity index is 2.06. The third-order valence-corrected chi connectivity index (χ3v) is 3.97. The molecule has 0 saturated heterocycles. The molecule has 25 heavy (non-hydrogen) atoms. The van der Waals surface area contributed by atoms with Crippen molar-refractivity contribution in [3.8, 4) is 5.75 Å². The highest BCUT2D eigenvalue weighted by atomic mass is 16.6. The van der Waals surface area contributed by atoms with Crippen LogP contribution in [0.1, 0.15) is 12.5 Å². The van der Waals surface area contributed by atoms with Gasteiger partial charge >= 0.3 is 0 Å². The van der Waals surface area contributed by atoms with E-state index in [4.69, 9.17) is 4.74 Å². The Kier molecular flexibility index (Phi) is 6.08. The largest absolute Gasteiger partial charge is 0.494 e. The molecule has 2 aromatic rings. The number of methoxy groups -OCH3 is 1. The van der Waals surface area contributed by atoms with Gasteiger partial charge in [0.15, 0.2) is 0 Å². The molecule has 0 saturated carbocycles. The van der Waals surface area contributed by atoms with Gasteiger partial charge in [0.05, 0.1) is 29.8 Å². The first-order chi connectivity index (χ1) is 11.9. The van der Waals surface area contributed by atoms with E-state index < -0.39 is 4.92 Å². The number of nitrogens with zero attached hydrogens (tertiary/aromatic N) is 2. The van der Waals surface area contributed by atoms with Crippen LogP contribution in [0, 0.1) is 10.1 Å². The van der Waals surface area contributed by atoms with Crippen LogP contribution >= 0.6 is 0 Å². The van der Waals surface area contributed by atoms with Crippen molar-refractivity contribution in [2.45, 2.75) is 19.5 Å². The first-order valence-corrected chi connectivity index (χ1v) is 7.80. The number of nitro benzene ring substituents is 1. The Hall–Kier alpha value is -2.93. The van der Waals surface area contributed by atoms with E-state index in [2.05, 4.69) is 5.32 Å². The smallest absolute Gasteiger partial charge is 0.273 e. The second-order valence-electron chi connectivity index (χ2n) is 5.71. The molecule has 0 radical (unpaired) electrons. The van der Waals surface area contributed by atoms with Crippen molar-refractivity contribution in [2.24, 2.45) is 0 Å². The number of likely N-dealkylation sites (N-methyl/N-ethyl adjacent to an activating group) is 1. The van der Waals surface area contributed by atoms with Crippen LogP contribution in [0.2, 0.25) is 0 Å². The molecule has 0 unspecified atom stereocenters. The number of non-ortho nitro benzene ring substituents is 1. The minimum absolute atomic E-state index is 0.0934. The number of amides is 1. The Morgan fingerprint density at radius 1 is 1.28 bits per heavy atom. The summed E-state index contributed by atoms with van der Waals surface area (Å²) in [5.41, 5.74) is 1.42. The van der Waals surface area contributed by atoms with E-state index in [9.17, 15) is 14.9 Å². The zero-order valence-corrected chi connectivity index (χ0v) is 14.4. The topological polar surface area (TPSA) is 84.7 Å². The summed E-state index contributed by atoms with van der Waals surface area (Å²) >= 11 is 0. The van der Waals surface area contributed by atoms with E-state index in [-0.39, 0.29) is 23.4 Å². The molecule has 0 aliphatic rings. The molecule has 2 aromatic carbocycles. The molecule has 1 amide bonds. The first-order valence-electron chi connectivity index (χ1n) is 7.80. The fraction of sp³-hybridized carbons (Fsp3) is 0.278. The highest BCUT2D eigenvalue weighted by Gasteiger charge is 2.20. The number of ether oxygens (including phenoxy) is 1. The lowest BCUT2D eigenvalue weighted by Crippen LogP contribution is -2.39. The highest BCUT2D eigenvalue weighted by molar-refractivity contribution is 5.96. The van der Waals surface area contributed by atoms with Crippen molar-refractivity contribution in [1.82, 2.24) is 4.90 Å². The number of benzene rings is 2. The van der Waals surface area contributed by atoms with Crippen LogP contribution in [0.5, 0.6) is 5.75 Å². The maximum Gasteiger partial charge on any atom is 0.273 e. The predicted octanol–water partition coefficient (Wildman–Crippen LogP) is 3.06. The molecule has 0 aliphatic heterocycles. The number of hydrogen-bond donors (Lipinski definition) is 1. The molecule has 1 N–H and O–H groups in total. The van der Waals surface area contributed by atoms with E-state index in [0.717, 1.165) is 5.56 Å². The number of anilines is 1. The maximum atomic E-state index is 12.5. The Bertz CT molecular complexity index is 749. The summed E-state index contributed by atoms with van der Waals surface area (Å²) in [7, 11) is 3.27. The molecule has 0 bridgehead atoms. The maximum absolute atomic E-state index is 12.5. The average Bonchev–Trinajstić information content (AvgIpc) is 2.61. The van der Waals surface area contributed by atoms with E-state index in [1.165, 1.54) is 25.3 Å². The van der Waals surface area contributed by atoms with Crippen LogP contribution in [-0.2, 0) is 11.3 Å². The van der Waals surface area contributed by atoms with Crippen LogP contribution in [0.4, 0.5) is 11.4 Å². The molecule has 0 spiro atoms. The Labute approximate surface area is 146 Å². The number of nitrogens with one attached hydrogen (secondary N) is 1. The number of carbonyl (C=O) groups excluding carboxylic acids is 1. The van der Waals surface area contributed by atoms with Gasteiger partial charge in [-0.15, -0.1) is 0 Å². The van der Waals surface area contributed by atoms with Gasteiger partial charge in [0.1, 0.15) is 5.75 Å².